The molecule has 0 aliphatic heterocycles. The number of thiazole rings is 1. The fourth-order valence-electron chi connectivity index (χ4n) is 2.48. The number of carbonyl (C=O) groups excluding carboxylic acids is 2. The Morgan fingerprint density at radius 1 is 1.15 bits per heavy atom. The van der Waals surface area contributed by atoms with Gasteiger partial charge in [0.05, 0.1) is 20.3 Å². The number of amides is 1. The van der Waals surface area contributed by atoms with E-state index in [1.807, 2.05) is 19.1 Å². The molecule has 146 valence electrons. The predicted octanol–water partition coefficient (Wildman–Crippen LogP) is 4.16. The first-order valence-corrected chi connectivity index (χ1v) is 10.0. The summed E-state index contributed by atoms with van der Waals surface area (Å²) in [6.45, 7) is 5.79. The van der Waals surface area contributed by atoms with Crippen LogP contribution in [0.25, 0.3) is 0 Å². The third-order valence-corrected chi connectivity index (χ3v) is 4.75. The Morgan fingerprint density at radius 3 is 2.52 bits per heavy atom. The minimum atomic E-state index is -0.468. The topological polar surface area (TPSA) is 68.7 Å². The van der Waals surface area contributed by atoms with Crippen molar-refractivity contribution in [2.75, 3.05) is 20.3 Å². The molecular weight excluding hydrogens is 364 g/mol. The van der Waals surface area contributed by atoms with E-state index in [9.17, 15) is 9.59 Å². The third kappa shape index (κ3) is 6.06. The molecule has 7 heteroatoms. The van der Waals surface area contributed by atoms with E-state index < -0.39 is 5.97 Å². The number of unbranched alkanes of at least 4 members (excludes halogenated alkanes) is 1. The Kier molecular flexibility index (Phi) is 8.26. The molecule has 0 aliphatic carbocycles. The Hall–Kier alpha value is -2.41. The molecule has 0 fully saturated rings. The van der Waals surface area contributed by atoms with Crippen molar-refractivity contribution in [1.29, 1.82) is 0 Å². The Labute approximate surface area is 164 Å². The van der Waals surface area contributed by atoms with Crippen LogP contribution >= 0.6 is 11.3 Å². The zero-order valence-corrected chi connectivity index (χ0v) is 16.9. The Morgan fingerprint density at radius 2 is 1.89 bits per heavy atom. The minimum Gasteiger partial charge on any atom is -0.494 e. The molecule has 0 radical (unpaired) electrons. The van der Waals surface area contributed by atoms with Crippen molar-refractivity contribution in [2.45, 2.75) is 39.7 Å². The van der Waals surface area contributed by atoms with E-state index in [1.54, 1.807) is 22.4 Å². The summed E-state index contributed by atoms with van der Waals surface area (Å²) >= 11 is 1.35. The normalized spacial score (nSPS) is 10.5. The number of aromatic nitrogens is 1. The summed E-state index contributed by atoms with van der Waals surface area (Å²) in [6, 6.07) is 7.22. The summed E-state index contributed by atoms with van der Waals surface area (Å²) < 4.78 is 10.3. The van der Waals surface area contributed by atoms with Gasteiger partial charge in [-0.05, 0) is 37.1 Å². The highest BCUT2D eigenvalue weighted by Crippen LogP contribution is 2.18. The molecule has 1 aromatic carbocycles. The summed E-state index contributed by atoms with van der Waals surface area (Å²) in [5.74, 6) is 0.237. The molecule has 27 heavy (non-hydrogen) atoms. The lowest BCUT2D eigenvalue weighted by molar-refractivity contribution is 0.0594. The zero-order chi connectivity index (χ0) is 19.6. The molecule has 2 rings (SSSR count). The van der Waals surface area contributed by atoms with Crippen molar-refractivity contribution >= 4 is 23.2 Å². The minimum absolute atomic E-state index is 0.0632. The van der Waals surface area contributed by atoms with Gasteiger partial charge in [0.15, 0.2) is 5.69 Å². The molecule has 0 unspecified atom stereocenters. The van der Waals surface area contributed by atoms with E-state index in [0.29, 0.717) is 30.3 Å². The van der Waals surface area contributed by atoms with Gasteiger partial charge in [-0.1, -0.05) is 20.3 Å². The van der Waals surface area contributed by atoms with E-state index in [1.165, 1.54) is 18.4 Å². The van der Waals surface area contributed by atoms with Gasteiger partial charge < -0.3 is 14.4 Å². The molecule has 1 amide bonds. The molecular formula is C20H26N2O4S. The van der Waals surface area contributed by atoms with Crippen molar-refractivity contribution < 1.29 is 19.1 Å². The van der Waals surface area contributed by atoms with Crippen LogP contribution in [0.3, 0.4) is 0 Å². The number of esters is 1. The number of rotatable bonds is 10. The van der Waals surface area contributed by atoms with E-state index in [0.717, 1.165) is 25.0 Å². The smallest absolute Gasteiger partial charge is 0.357 e. The number of hydrogen-bond acceptors (Lipinski definition) is 6. The van der Waals surface area contributed by atoms with E-state index >= 15 is 0 Å². The molecule has 1 aromatic heterocycles. The standard InChI is InChI=1S/C20H26N2O4S/c1-4-6-12-26-16-9-7-15(8-10-16)19(23)22(11-5-2)13-18-21-17(14-27-18)20(24)25-3/h7-10,14H,4-6,11-13H2,1-3H3. The highest BCUT2D eigenvalue weighted by molar-refractivity contribution is 7.09. The van der Waals surface area contributed by atoms with Crippen molar-refractivity contribution in [3.8, 4) is 5.75 Å². The van der Waals surface area contributed by atoms with Crippen LogP contribution in [0.2, 0.25) is 0 Å². The summed E-state index contributed by atoms with van der Waals surface area (Å²) in [4.78, 5) is 30.4. The van der Waals surface area contributed by atoms with Crippen LogP contribution in [0, 0.1) is 0 Å². The number of benzene rings is 1. The van der Waals surface area contributed by atoms with Gasteiger partial charge >= 0.3 is 5.97 Å². The molecule has 6 nitrogen and oxygen atoms in total. The average Bonchev–Trinajstić information content (AvgIpc) is 3.16. The van der Waals surface area contributed by atoms with Gasteiger partial charge in [0.25, 0.3) is 5.91 Å². The van der Waals surface area contributed by atoms with Crippen LogP contribution in [0.5, 0.6) is 5.75 Å². The van der Waals surface area contributed by atoms with Crippen molar-refractivity contribution in [3.05, 3.63) is 45.9 Å². The monoisotopic (exact) mass is 390 g/mol. The molecule has 0 atom stereocenters. The van der Waals surface area contributed by atoms with Gasteiger partial charge in [0, 0.05) is 17.5 Å². The lowest BCUT2D eigenvalue weighted by Crippen LogP contribution is -2.31. The lowest BCUT2D eigenvalue weighted by atomic mass is 10.2. The molecule has 0 aliphatic rings. The van der Waals surface area contributed by atoms with Crippen LogP contribution in [0.15, 0.2) is 29.6 Å². The van der Waals surface area contributed by atoms with E-state index in [-0.39, 0.29) is 11.6 Å². The molecule has 0 spiro atoms. The molecule has 2 aromatic rings. The highest BCUT2D eigenvalue weighted by Gasteiger charge is 2.18. The number of carbonyl (C=O) groups is 2. The SMILES string of the molecule is CCCCOc1ccc(C(=O)N(CCC)Cc2nc(C(=O)OC)cs2)cc1. The van der Waals surface area contributed by atoms with E-state index in [2.05, 4.69) is 16.6 Å². The van der Waals surface area contributed by atoms with Crippen LogP contribution < -0.4 is 4.74 Å². The van der Waals surface area contributed by atoms with Crippen LogP contribution in [-0.4, -0.2) is 42.0 Å². The first kappa shape index (κ1) is 20.9. The summed E-state index contributed by atoms with van der Waals surface area (Å²) in [5.41, 5.74) is 0.881. The van der Waals surface area contributed by atoms with Gasteiger partial charge in [-0.25, -0.2) is 9.78 Å². The third-order valence-electron chi connectivity index (χ3n) is 3.92. The molecule has 1 heterocycles. The molecule has 0 saturated heterocycles. The summed E-state index contributed by atoms with van der Waals surface area (Å²) in [5, 5.41) is 2.36. The first-order chi connectivity index (χ1) is 13.1. The second kappa shape index (κ2) is 10.7. The lowest BCUT2D eigenvalue weighted by Gasteiger charge is -2.21. The molecule has 0 bridgehead atoms. The second-order valence-electron chi connectivity index (χ2n) is 6.07. The maximum Gasteiger partial charge on any atom is 0.357 e. The van der Waals surface area contributed by atoms with Crippen molar-refractivity contribution in [1.82, 2.24) is 9.88 Å². The largest absolute Gasteiger partial charge is 0.494 e. The molecule has 0 saturated carbocycles. The maximum absolute atomic E-state index is 12.9. The maximum atomic E-state index is 12.9. The fourth-order valence-corrected chi connectivity index (χ4v) is 3.26. The molecule has 0 N–H and O–H groups in total. The van der Waals surface area contributed by atoms with E-state index in [4.69, 9.17) is 4.74 Å². The van der Waals surface area contributed by atoms with Crippen LogP contribution in [0.4, 0.5) is 0 Å². The second-order valence-corrected chi connectivity index (χ2v) is 7.01. The number of ether oxygens (including phenoxy) is 2. The van der Waals surface area contributed by atoms with Crippen molar-refractivity contribution in [2.24, 2.45) is 0 Å². The summed E-state index contributed by atoms with van der Waals surface area (Å²) in [6.07, 6.45) is 2.92. The fraction of sp³-hybridized carbons (Fsp3) is 0.450. The quantitative estimate of drug-likeness (QED) is 0.450. The number of hydrogen-bond donors (Lipinski definition) is 0. The van der Waals surface area contributed by atoms with Gasteiger partial charge in [-0.2, -0.15) is 0 Å². The number of nitrogens with zero attached hydrogens (tertiary/aromatic N) is 2. The summed E-state index contributed by atoms with van der Waals surface area (Å²) in [7, 11) is 1.32. The average molecular weight is 391 g/mol. The predicted molar refractivity (Wildman–Crippen MR) is 105 cm³/mol. The Balaban J connectivity index is 2.05. The highest BCUT2D eigenvalue weighted by atomic mass is 32.1. The number of methoxy groups -OCH3 is 1. The van der Waals surface area contributed by atoms with Gasteiger partial charge in [-0.3, -0.25) is 4.79 Å². The first-order valence-electron chi connectivity index (χ1n) is 9.13. The van der Waals surface area contributed by atoms with Gasteiger partial charge in [0.1, 0.15) is 10.8 Å². The van der Waals surface area contributed by atoms with Gasteiger partial charge in [-0.15, -0.1) is 11.3 Å². The van der Waals surface area contributed by atoms with Crippen LogP contribution in [-0.2, 0) is 11.3 Å². The van der Waals surface area contributed by atoms with Crippen molar-refractivity contribution in [3.63, 3.8) is 0 Å². The Bertz CT molecular complexity index is 743. The van der Waals surface area contributed by atoms with Crippen LogP contribution in [0.1, 0.15) is 59.0 Å². The van der Waals surface area contributed by atoms with Gasteiger partial charge in [0.2, 0.25) is 0 Å². The zero-order valence-electron chi connectivity index (χ0n) is 16.1.